The summed E-state index contributed by atoms with van der Waals surface area (Å²) in [5.41, 5.74) is 0.0939. The second-order valence-electron chi connectivity index (χ2n) is 8.14. The van der Waals surface area contributed by atoms with Crippen LogP contribution in [0, 0.1) is 0 Å². The highest BCUT2D eigenvalue weighted by Crippen LogP contribution is 2.26. The maximum absolute atomic E-state index is 12.7. The highest BCUT2D eigenvalue weighted by atomic mass is 16.4. The van der Waals surface area contributed by atoms with E-state index >= 15 is 0 Å². The number of piperazine rings is 1. The van der Waals surface area contributed by atoms with E-state index in [1.807, 2.05) is 37.3 Å². The summed E-state index contributed by atoms with van der Waals surface area (Å²) < 4.78 is 0. The molecule has 0 spiro atoms. The molecule has 2 aliphatic heterocycles. The molecule has 0 radical (unpaired) electrons. The van der Waals surface area contributed by atoms with Crippen molar-refractivity contribution in [3.8, 4) is 0 Å². The van der Waals surface area contributed by atoms with Crippen LogP contribution < -0.4 is 0 Å². The highest BCUT2D eigenvalue weighted by molar-refractivity contribution is 5.83. The topological polar surface area (TPSA) is 101 Å². The summed E-state index contributed by atoms with van der Waals surface area (Å²) in [4.78, 5) is 40.3. The third kappa shape index (κ3) is 5.26. The van der Waals surface area contributed by atoms with Crippen molar-refractivity contribution >= 4 is 17.9 Å². The standard InChI is InChI=1S/C21H29N3O5/c1-16(17-5-3-2-4-6-17)13-18(25)22-9-7-21(29,8-10-22)15-24-12-11-23(20(27)28)14-19(24)26/h2-6,16,29H,7-15H2,1H3,(H,27,28). The molecule has 29 heavy (non-hydrogen) atoms. The second kappa shape index (κ2) is 8.82. The van der Waals surface area contributed by atoms with Gasteiger partial charge in [0.15, 0.2) is 0 Å². The normalized spacial score (nSPS) is 20.5. The van der Waals surface area contributed by atoms with Crippen LogP contribution in [0.5, 0.6) is 0 Å². The number of piperidine rings is 1. The van der Waals surface area contributed by atoms with E-state index in [1.54, 1.807) is 4.90 Å². The van der Waals surface area contributed by atoms with Crippen molar-refractivity contribution in [2.75, 3.05) is 39.3 Å². The molecular weight excluding hydrogens is 374 g/mol. The lowest BCUT2D eigenvalue weighted by atomic mass is 9.89. The quantitative estimate of drug-likeness (QED) is 0.773. The number of hydrogen-bond acceptors (Lipinski definition) is 4. The van der Waals surface area contributed by atoms with Crippen LogP contribution in [0.3, 0.4) is 0 Å². The maximum Gasteiger partial charge on any atom is 0.407 e. The lowest BCUT2D eigenvalue weighted by Gasteiger charge is -2.43. The Hall–Kier alpha value is -2.61. The Bertz CT molecular complexity index is 746. The molecule has 0 aromatic heterocycles. The van der Waals surface area contributed by atoms with E-state index < -0.39 is 11.7 Å². The van der Waals surface area contributed by atoms with Crippen molar-refractivity contribution in [1.29, 1.82) is 0 Å². The Morgan fingerprint density at radius 1 is 1.07 bits per heavy atom. The SMILES string of the molecule is CC(CC(=O)N1CCC(O)(CN2CCN(C(=O)O)CC2=O)CC1)c1ccccc1. The number of amides is 3. The van der Waals surface area contributed by atoms with Crippen LogP contribution in [0.4, 0.5) is 4.79 Å². The van der Waals surface area contributed by atoms with Gasteiger partial charge in [-0.2, -0.15) is 0 Å². The van der Waals surface area contributed by atoms with Crippen molar-refractivity contribution in [2.24, 2.45) is 0 Å². The van der Waals surface area contributed by atoms with Gasteiger partial charge in [-0.25, -0.2) is 4.79 Å². The van der Waals surface area contributed by atoms with E-state index in [1.165, 1.54) is 4.90 Å². The summed E-state index contributed by atoms with van der Waals surface area (Å²) in [5, 5.41) is 19.9. The largest absolute Gasteiger partial charge is 0.465 e. The second-order valence-corrected chi connectivity index (χ2v) is 8.14. The molecule has 2 saturated heterocycles. The zero-order chi connectivity index (χ0) is 21.0. The molecule has 0 bridgehead atoms. The van der Waals surface area contributed by atoms with Gasteiger partial charge in [0.05, 0.1) is 5.60 Å². The highest BCUT2D eigenvalue weighted by Gasteiger charge is 2.38. The molecule has 3 amide bonds. The van der Waals surface area contributed by atoms with E-state index in [9.17, 15) is 19.5 Å². The van der Waals surface area contributed by atoms with Gasteiger partial charge in [0.1, 0.15) is 6.54 Å². The smallest absolute Gasteiger partial charge is 0.407 e. The van der Waals surface area contributed by atoms with Crippen LogP contribution in [0.1, 0.15) is 37.7 Å². The molecule has 3 rings (SSSR count). The van der Waals surface area contributed by atoms with Gasteiger partial charge in [-0.15, -0.1) is 0 Å². The number of hydrogen-bond donors (Lipinski definition) is 2. The minimum absolute atomic E-state index is 0.0783. The molecule has 0 aliphatic carbocycles. The number of benzene rings is 1. The molecule has 1 aromatic rings. The predicted molar refractivity (Wildman–Crippen MR) is 106 cm³/mol. The first kappa shape index (κ1) is 21.1. The summed E-state index contributed by atoms with van der Waals surface area (Å²) in [7, 11) is 0. The summed E-state index contributed by atoms with van der Waals surface area (Å²) in [6.07, 6.45) is 0.140. The first-order chi connectivity index (χ1) is 13.8. The van der Waals surface area contributed by atoms with Crippen LogP contribution in [0.15, 0.2) is 30.3 Å². The van der Waals surface area contributed by atoms with Crippen LogP contribution >= 0.6 is 0 Å². The molecule has 8 nitrogen and oxygen atoms in total. The van der Waals surface area contributed by atoms with E-state index in [0.29, 0.717) is 32.4 Å². The zero-order valence-electron chi connectivity index (χ0n) is 16.8. The number of nitrogens with zero attached hydrogens (tertiary/aromatic N) is 3. The van der Waals surface area contributed by atoms with Crippen molar-refractivity contribution in [1.82, 2.24) is 14.7 Å². The fourth-order valence-corrected chi connectivity index (χ4v) is 4.02. The molecule has 8 heteroatoms. The molecule has 158 valence electrons. The van der Waals surface area contributed by atoms with Crippen molar-refractivity contribution in [2.45, 2.75) is 37.7 Å². The van der Waals surface area contributed by atoms with Crippen molar-refractivity contribution < 1.29 is 24.6 Å². The predicted octanol–water partition coefficient (Wildman–Crippen LogP) is 1.36. The van der Waals surface area contributed by atoms with Crippen LogP contribution in [0.2, 0.25) is 0 Å². The summed E-state index contributed by atoms with van der Waals surface area (Å²) in [5.74, 6) is -0.0792. The summed E-state index contributed by atoms with van der Waals surface area (Å²) >= 11 is 0. The first-order valence-corrected chi connectivity index (χ1v) is 10.1. The van der Waals surface area contributed by atoms with Gasteiger partial charge >= 0.3 is 6.09 Å². The number of aliphatic hydroxyl groups is 1. The average molecular weight is 403 g/mol. The molecule has 2 heterocycles. The van der Waals surface area contributed by atoms with Gasteiger partial charge in [0, 0.05) is 39.1 Å². The number of likely N-dealkylation sites (tertiary alicyclic amines) is 1. The van der Waals surface area contributed by atoms with Gasteiger partial charge < -0.3 is 20.0 Å². The van der Waals surface area contributed by atoms with Crippen LogP contribution in [0.25, 0.3) is 0 Å². The Morgan fingerprint density at radius 3 is 2.31 bits per heavy atom. The number of β-amino-alcohol motifs (C(OH)–C–C–N with tert-alkyl or cyclic N) is 1. The number of rotatable bonds is 5. The summed E-state index contributed by atoms with van der Waals surface area (Å²) in [6, 6.07) is 9.93. The van der Waals surface area contributed by atoms with E-state index in [2.05, 4.69) is 0 Å². The minimum Gasteiger partial charge on any atom is -0.465 e. The number of carbonyl (C=O) groups excluding carboxylic acids is 2. The lowest BCUT2D eigenvalue weighted by molar-refractivity contribution is -0.144. The molecular formula is C21H29N3O5. The molecule has 2 aliphatic rings. The maximum atomic E-state index is 12.7. The number of carboxylic acid groups (broad SMARTS) is 1. The molecule has 1 aromatic carbocycles. The Kier molecular flexibility index (Phi) is 6.42. The third-order valence-corrected chi connectivity index (χ3v) is 5.97. The van der Waals surface area contributed by atoms with Crippen LogP contribution in [-0.2, 0) is 9.59 Å². The van der Waals surface area contributed by atoms with Crippen LogP contribution in [-0.4, -0.2) is 87.7 Å². The van der Waals surface area contributed by atoms with Gasteiger partial charge in [-0.1, -0.05) is 37.3 Å². The average Bonchev–Trinajstić information content (AvgIpc) is 2.70. The van der Waals surface area contributed by atoms with E-state index in [0.717, 1.165) is 10.5 Å². The fraction of sp³-hybridized carbons (Fsp3) is 0.571. The number of carbonyl (C=O) groups is 3. The Morgan fingerprint density at radius 2 is 1.72 bits per heavy atom. The van der Waals surface area contributed by atoms with Crippen molar-refractivity contribution in [3.63, 3.8) is 0 Å². The molecule has 0 saturated carbocycles. The monoisotopic (exact) mass is 403 g/mol. The Labute approximate surface area is 170 Å². The third-order valence-electron chi connectivity index (χ3n) is 5.97. The van der Waals surface area contributed by atoms with Gasteiger partial charge in [0.25, 0.3) is 0 Å². The fourth-order valence-electron chi connectivity index (χ4n) is 4.02. The summed E-state index contributed by atoms with van der Waals surface area (Å²) in [6.45, 7) is 3.50. The van der Waals surface area contributed by atoms with E-state index in [-0.39, 0.29) is 43.9 Å². The van der Waals surface area contributed by atoms with E-state index in [4.69, 9.17) is 5.11 Å². The molecule has 2 N–H and O–H groups in total. The minimum atomic E-state index is -1.10. The molecule has 1 atom stereocenters. The van der Waals surface area contributed by atoms with Gasteiger partial charge in [-0.3, -0.25) is 14.5 Å². The van der Waals surface area contributed by atoms with Gasteiger partial charge in [0.2, 0.25) is 11.8 Å². The zero-order valence-corrected chi connectivity index (χ0v) is 16.8. The van der Waals surface area contributed by atoms with Gasteiger partial charge in [-0.05, 0) is 24.3 Å². The molecule has 1 unspecified atom stereocenters. The lowest BCUT2D eigenvalue weighted by Crippen LogP contribution is -2.58. The van der Waals surface area contributed by atoms with Crippen molar-refractivity contribution in [3.05, 3.63) is 35.9 Å². The first-order valence-electron chi connectivity index (χ1n) is 10.1. The molecule has 2 fully saturated rings. The Balaban J connectivity index is 1.48.